The largest absolute Gasteiger partial charge is 0.474 e. The van der Waals surface area contributed by atoms with Crippen molar-refractivity contribution in [3.8, 4) is 0 Å². The molecule has 11 heteroatoms. The van der Waals surface area contributed by atoms with Gasteiger partial charge < -0.3 is 20.7 Å². The van der Waals surface area contributed by atoms with Gasteiger partial charge in [0.1, 0.15) is 0 Å². The van der Waals surface area contributed by atoms with E-state index in [1.807, 2.05) is 11.8 Å². The number of anilines is 3. The van der Waals surface area contributed by atoms with Gasteiger partial charge in [0.15, 0.2) is 5.82 Å². The molecule has 1 aliphatic heterocycles. The number of unbranched alkanes of at least 4 members (excludes halogenated alkanes) is 1. The molecule has 23 heavy (non-hydrogen) atoms. The van der Waals surface area contributed by atoms with Crippen molar-refractivity contribution in [1.82, 2.24) is 4.98 Å². The van der Waals surface area contributed by atoms with E-state index < -0.39 is 10.4 Å². The maximum absolute atomic E-state index is 11.0. The van der Waals surface area contributed by atoms with Crippen LogP contribution in [0, 0.1) is 0 Å². The highest BCUT2D eigenvalue weighted by Gasteiger charge is 2.24. The van der Waals surface area contributed by atoms with Crippen LogP contribution in [0.5, 0.6) is 0 Å². The van der Waals surface area contributed by atoms with Gasteiger partial charge >= 0.3 is 16.3 Å². The molecule has 0 bridgehead atoms. The number of ether oxygens (including phenoxy) is 1. The Morgan fingerprint density at radius 3 is 2.83 bits per heavy atom. The van der Waals surface area contributed by atoms with Crippen molar-refractivity contribution in [3.63, 3.8) is 0 Å². The highest BCUT2D eigenvalue weighted by atomic mass is 32.3. The van der Waals surface area contributed by atoms with Gasteiger partial charge in [0.2, 0.25) is 5.82 Å². The predicted molar refractivity (Wildman–Crippen MR) is 83.4 cm³/mol. The third-order valence-corrected chi connectivity index (χ3v) is 3.60. The SMILES string of the molecule is CCCCNc1cc(N2CCOCC2)nc(N)[n+]1OS(=O)(=O)O. The van der Waals surface area contributed by atoms with Crippen molar-refractivity contribution in [3.05, 3.63) is 6.07 Å². The fourth-order valence-corrected chi connectivity index (χ4v) is 2.49. The number of nitrogens with two attached hydrogens (primary N) is 1. The summed E-state index contributed by atoms with van der Waals surface area (Å²) in [4.78, 5) is 6.12. The lowest BCUT2D eigenvalue weighted by Gasteiger charge is -2.26. The van der Waals surface area contributed by atoms with Crippen molar-refractivity contribution >= 4 is 28.0 Å². The van der Waals surface area contributed by atoms with E-state index in [1.165, 1.54) is 0 Å². The standard InChI is InChI=1S/C12H21N5O5S/c1-2-3-4-14-10-9-11(16-5-7-21-8-6-16)15-12(13)17(10)22-23(18,19)20/h9H,2-8H2,1H3,(H3,13,14,15,18,19,20)/p+1. The third kappa shape index (κ3) is 5.08. The molecule has 0 saturated carbocycles. The van der Waals surface area contributed by atoms with Crippen LogP contribution in [0.15, 0.2) is 6.07 Å². The van der Waals surface area contributed by atoms with Gasteiger partial charge in [0.05, 0.1) is 19.3 Å². The van der Waals surface area contributed by atoms with E-state index in [-0.39, 0.29) is 5.95 Å². The first-order chi connectivity index (χ1) is 10.9. The fraction of sp³-hybridized carbons (Fsp3) is 0.667. The average Bonchev–Trinajstić information content (AvgIpc) is 2.50. The quantitative estimate of drug-likeness (QED) is 0.330. The molecular weight excluding hydrogens is 326 g/mol. The van der Waals surface area contributed by atoms with Gasteiger partial charge in [-0.3, -0.25) is 4.55 Å². The van der Waals surface area contributed by atoms with E-state index in [9.17, 15) is 8.42 Å². The normalized spacial score (nSPS) is 15.5. The minimum absolute atomic E-state index is 0.189. The van der Waals surface area contributed by atoms with Gasteiger partial charge in [0.25, 0.3) is 0 Å². The van der Waals surface area contributed by atoms with Gasteiger partial charge in [0, 0.05) is 19.6 Å². The van der Waals surface area contributed by atoms with Gasteiger partial charge in [-0.25, -0.2) is 4.28 Å². The van der Waals surface area contributed by atoms with E-state index in [1.54, 1.807) is 6.07 Å². The molecule has 0 aliphatic carbocycles. The summed E-state index contributed by atoms with van der Waals surface area (Å²) in [7, 11) is -4.72. The molecule has 10 nitrogen and oxygen atoms in total. The van der Waals surface area contributed by atoms with Gasteiger partial charge in [-0.2, -0.15) is 8.42 Å². The van der Waals surface area contributed by atoms with Crippen molar-refractivity contribution in [1.29, 1.82) is 0 Å². The summed E-state index contributed by atoms with van der Waals surface area (Å²) in [5, 5.41) is 3.04. The Labute approximate surface area is 135 Å². The van der Waals surface area contributed by atoms with E-state index >= 15 is 0 Å². The minimum atomic E-state index is -4.72. The minimum Gasteiger partial charge on any atom is -0.378 e. The van der Waals surface area contributed by atoms with E-state index in [4.69, 9.17) is 15.0 Å². The Balaban J connectivity index is 2.32. The molecule has 1 aliphatic rings. The Bertz CT molecular complexity index is 633. The molecule has 2 rings (SSSR count). The molecule has 0 radical (unpaired) electrons. The second kappa shape index (κ2) is 7.62. The van der Waals surface area contributed by atoms with E-state index in [0.29, 0.717) is 44.5 Å². The number of morpholine rings is 1. The summed E-state index contributed by atoms with van der Waals surface area (Å²) in [5.74, 6) is 0.690. The molecule has 1 aromatic heterocycles. The number of hydrogen-bond acceptors (Lipinski definition) is 8. The van der Waals surface area contributed by atoms with E-state index in [2.05, 4.69) is 14.6 Å². The maximum Gasteiger partial charge on any atom is 0.474 e. The molecule has 0 spiro atoms. The number of rotatable bonds is 7. The Kier molecular flexibility index (Phi) is 5.80. The van der Waals surface area contributed by atoms with Gasteiger partial charge in [-0.1, -0.05) is 18.3 Å². The molecule has 1 saturated heterocycles. The molecule has 0 amide bonds. The Morgan fingerprint density at radius 1 is 1.52 bits per heavy atom. The van der Waals surface area contributed by atoms with Crippen LogP contribution in [-0.2, 0) is 15.1 Å². The Morgan fingerprint density at radius 2 is 2.22 bits per heavy atom. The average molecular weight is 348 g/mol. The second-order valence-corrected chi connectivity index (χ2v) is 6.04. The lowest BCUT2D eigenvalue weighted by molar-refractivity contribution is -0.835. The van der Waals surface area contributed by atoms with Crippen LogP contribution >= 0.6 is 0 Å². The zero-order chi connectivity index (χ0) is 16.9. The zero-order valence-electron chi connectivity index (χ0n) is 12.9. The number of aromatic nitrogens is 2. The Hall–Kier alpha value is -1.85. The molecule has 130 valence electrons. The van der Waals surface area contributed by atoms with Gasteiger partial charge in [-0.05, 0) is 11.2 Å². The van der Waals surface area contributed by atoms with Crippen LogP contribution in [-0.4, -0.2) is 50.8 Å². The monoisotopic (exact) mass is 348 g/mol. The van der Waals surface area contributed by atoms with Crippen molar-refractivity contribution in [2.45, 2.75) is 19.8 Å². The summed E-state index contributed by atoms with van der Waals surface area (Å²) in [6.45, 7) is 5.10. The molecule has 0 atom stereocenters. The first-order valence-electron chi connectivity index (χ1n) is 7.37. The highest BCUT2D eigenvalue weighted by molar-refractivity contribution is 7.80. The smallest absolute Gasteiger partial charge is 0.378 e. The third-order valence-electron chi connectivity index (χ3n) is 3.26. The zero-order valence-corrected chi connectivity index (χ0v) is 13.8. The summed E-state index contributed by atoms with van der Waals surface area (Å²) in [6.07, 6.45) is 1.84. The van der Waals surface area contributed by atoms with Crippen molar-refractivity contribution in [2.24, 2.45) is 0 Å². The summed E-state index contributed by atoms with van der Waals surface area (Å²) in [6, 6.07) is 1.63. The number of hydrogen-bond donors (Lipinski definition) is 3. The number of nitrogens with one attached hydrogen (secondary N) is 1. The molecule has 0 unspecified atom stereocenters. The van der Waals surface area contributed by atoms with E-state index in [0.717, 1.165) is 17.6 Å². The fourth-order valence-electron chi connectivity index (χ4n) is 2.14. The summed E-state index contributed by atoms with van der Waals surface area (Å²) >= 11 is 0. The molecule has 4 N–H and O–H groups in total. The van der Waals surface area contributed by atoms with Crippen molar-refractivity contribution < 1.29 is 26.7 Å². The highest BCUT2D eigenvalue weighted by Crippen LogP contribution is 2.17. The topological polar surface area (TPSA) is 131 Å². The van der Waals surface area contributed by atoms with Crippen LogP contribution in [0.4, 0.5) is 17.6 Å². The van der Waals surface area contributed by atoms with Crippen LogP contribution < -0.4 is 25.0 Å². The summed E-state index contributed by atoms with van der Waals surface area (Å²) < 4.78 is 41.4. The molecular formula is C12H22N5O5S+. The second-order valence-electron chi connectivity index (χ2n) is 5.03. The van der Waals surface area contributed by atoms with Crippen LogP contribution in [0.2, 0.25) is 0 Å². The number of nitrogen functional groups attached to an aromatic ring is 1. The molecule has 1 fully saturated rings. The van der Waals surface area contributed by atoms with Crippen molar-refractivity contribution in [2.75, 3.05) is 48.8 Å². The van der Waals surface area contributed by atoms with Crippen LogP contribution in [0.25, 0.3) is 0 Å². The maximum atomic E-state index is 11.0. The van der Waals surface area contributed by atoms with Crippen LogP contribution in [0.3, 0.4) is 0 Å². The first kappa shape index (κ1) is 17.5. The molecule has 2 heterocycles. The lowest BCUT2D eigenvalue weighted by Crippen LogP contribution is -2.51. The number of nitrogens with zero attached hydrogens (tertiary/aromatic N) is 3. The van der Waals surface area contributed by atoms with Gasteiger partial charge in [-0.15, -0.1) is 0 Å². The summed E-state index contributed by atoms with van der Waals surface area (Å²) in [5.41, 5.74) is 5.79. The lowest BCUT2D eigenvalue weighted by atomic mass is 10.3. The molecule has 1 aromatic rings. The van der Waals surface area contributed by atoms with Crippen LogP contribution in [0.1, 0.15) is 19.8 Å². The first-order valence-corrected chi connectivity index (χ1v) is 8.73. The molecule has 0 aromatic carbocycles. The predicted octanol–water partition coefficient (Wildman–Crippen LogP) is -0.769.